The summed E-state index contributed by atoms with van der Waals surface area (Å²) in [6.45, 7) is 0.259. The van der Waals surface area contributed by atoms with Crippen LogP contribution in [0.25, 0.3) is 0 Å². The molecule has 0 radical (unpaired) electrons. The Morgan fingerprint density at radius 1 is 1.19 bits per heavy atom. The molecule has 27 heavy (non-hydrogen) atoms. The van der Waals surface area contributed by atoms with E-state index in [2.05, 4.69) is 10.6 Å². The molecule has 2 aromatic rings. The highest BCUT2D eigenvalue weighted by Gasteiger charge is 2.56. The summed E-state index contributed by atoms with van der Waals surface area (Å²) in [7, 11) is 1.49. The van der Waals surface area contributed by atoms with Crippen molar-refractivity contribution < 1.29 is 18.7 Å². The summed E-state index contributed by atoms with van der Waals surface area (Å²) >= 11 is 5.97. The van der Waals surface area contributed by atoms with E-state index >= 15 is 0 Å². The second kappa shape index (κ2) is 7.96. The zero-order valence-corrected chi connectivity index (χ0v) is 15.6. The van der Waals surface area contributed by atoms with Gasteiger partial charge in [0, 0.05) is 11.6 Å². The first-order valence-corrected chi connectivity index (χ1v) is 9.01. The van der Waals surface area contributed by atoms with Gasteiger partial charge in [0.05, 0.1) is 12.8 Å². The van der Waals surface area contributed by atoms with Gasteiger partial charge in [0.2, 0.25) is 11.8 Å². The first-order valence-electron chi connectivity index (χ1n) is 8.63. The Balaban J connectivity index is 1.61. The van der Waals surface area contributed by atoms with E-state index in [9.17, 15) is 14.0 Å². The van der Waals surface area contributed by atoms with Crippen LogP contribution in [0, 0.1) is 11.2 Å². The van der Waals surface area contributed by atoms with E-state index in [1.54, 1.807) is 36.4 Å². The van der Waals surface area contributed by atoms with E-state index in [0.717, 1.165) is 0 Å². The van der Waals surface area contributed by atoms with Crippen LogP contribution < -0.4 is 15.4 Å². The highest BCUT2D eigenvalue weighted by Crippen LogP contribution is 2.47. The molecule has 0 saturated heterocycles. The Bertz CT molecular complexity index is 868. The quantitative estimate of drug-likeness (QED) is 0.710. The molecule has 0 aromatic heterocycles. The molecule has 2 amide bonds. The molecule has 1 fully saturated rings. The predicted molar refractivity (Wildman–Crippen MR) is 101 cm³/mol. The Hall–Kier alpha value is -2.60. The topological polar surface area (TPSA) is 67.4 Å². The number of halogens is 2. The van der Waals surface area contributed by atoms with E-state index in [0.29, 0.717) is 41.3 Å². The van der Waals surface area contributed by atoms with Crippen molar-refractivity contribution >= 4 is 29.1 Å². The van der Waals surface area contributed by atoms with Gasteiger partial charge in [-0.15, -0.1) is 0 Å². The number of benzene rings is 2. The van der Waals surface area contributed by atoms with Gasteiger partial charge in [0.1, 0.15) is 17.0 Å². The fourth-order valence-corrected chi connectivity index (χ4v) is 3.06. The molecule has 0 atom stereocenters. The van der Waals surface area contributed by atoms with Crippen molar-refractivity contribution in [3.05, 3.63) is 58.9 Å². The third-order valence-corrected chi connectivity index (χ3v) is 4.90. The van der Waals surface area contributed by atoms with Gasteiger partial charge in [0.15, 0.2) is 0 Å². The Morgan fingerprint density at radius 3 is 2.59 bits per heavy atom. The largest absolute Gasteiger partial charge is 0.495 e. The fourth-order valence-electron chi connectivity index (χ4n) is 2.88. The second-order valence-electron chi connectivity index (χ2n) is 6.48. The number of carbonyl (C=O) groups is 2. The van der Waals surface area contributed by atoms with Gasteiger partial charge in [-0.05, 0) is 49.1 Å². The zero-order valence-electron chi connectivity index (χ0n) is 14.9. The lowest BCUT2D eigenvalue weighted by Crippen LogP contribution is -2.40. The maximum absolute atomic E-state index is 13.6. The van der Waals surface area contributed by atoms with Gasteiger partial charge < -0.3 is 15.4 Å². The zero-order chi connectivity index (χ0) is 19.4. The molecule has 5 nitrogen and oxygen atoms in total. The van der Waals surface area contributed by atoms with Crippen LogP contribution in [-0.4, -0.2) is 25.5 Å². The first-order chi connectivity index (χ1) is 13.0. The van der Waals surface area contributed by atoms with Crippen molar-refractivity contribution in [1.29, 1.82) is 0 Å². The van der Waals surface area contributed by atoms with Crippen LogP contribution >= 0.6 is 11.6 Å². The number of methoxy groups -OCH3 is 1. The smallest absolute Gasteiger partial charge is 0.240 e. The summed E-state index contributed by atoms with van der Waals surface area (Å²) in [5.41, 5.74) is -0.154. The molecule has 0 heterocycles. The molecule has 1 aliphatic rings. The molecular weight excluding hydrogens is 371 g/mol. The van der Waals surface area contributed by atoms with E-state index in [4.69, 9.17) is 16.3 Å². The van der Waals surface area contributed by atoms with Crippen molar-refractivity contribution in [2.75, 3.05) is 19.0 Å². The number of amides is 2. The summed E-state index contributed by atoms with van der Waals surface area (Å²) in [6, 6.07) is 11.3. The maximum Gasteiger partial charge on any atom is 0.240 e. The number of nitrogens with one attached hydrogen (secondary N) is 2. The van der Waals surface area contributed by atoms with Crippen LogP contribution in [0.2, 0.25) is 5.02 Å². The third-order valence-electron chi connectivity index (χ3n) is 4.67. The van der Waals surface area contributed by atoms with Gasteiger partial charge in [-0.2, -0.15) is 0 Å². The average Bonchev–Trinajstić information content (AvgIpc) is 3.45. The molecule has 1 aliphatic carbocycles. The monoisotopic (exact) mass is 390 g/mol. The van der Waals surface area contributed by atoms with E-state index < -0.39 is 11.3 Å². The lowest BCUT2D eigenvalue weighted by atomic mass is 10.0. The van der Waals surface area contributed by atoms with Crippen molar-refractivity contribution in [1.82, 2.24) is 5.32 Å². The van der Waals surface area contributed by atoms with Crippen molar-refractivity contribution in [2.24, 2.45) is 5.41 Å². The van der Waals surface area contributed by atoms with E-state index in [-0.39, 0.29) is 18.3 Å². The van der Waals surface area contributed by atoms with Gasteiger partial charge in [-0.1, -0.05) is 29.8 Å². The summed E-state index contributed by atoms with van der Waals surface area (Å²) in [4.78, 5) is 25.2. The Kier molecular flexibility index (Phi) is 5.65. The minimum atomic E-state index is -1.09. The van der Waals surface area contributed by atoms with Crippen LogP contribution in [0.3, 0.4) is 0 Å². The molecule has 2 N–H and O–H groups in total. The maximum atomic E-state index is 13.6. The molecule has 0 spiro atoms. The van der Waals surface area contributed by atoms with Crippen LogP contribution in [0.5, 0.6) is 5.75 Å². The van der Waals surface area contributed by atoms with E-state index in [1.807, 2.05) is 0 Å². The van der Waals surface area contributed by atoms with Crippen molar-refractivity contribution in [3.8, 4) is 5.75 Å². The van der Waals surface area contributed by atoms with Crippen molar-refractivity contribution in [2.45, 2.75) is 19.3 Å². The van der Waals surface area contributed by atoms with Crippen LogP contribution in [0.1, 0.15) is 18.4 Å². The van der Waals surface area contributed by atoms with Crippen LogP contribution in [0.4, 0.5) is 10.1 Å². The lowest BCUT2D eigenvalue weighted by molar-refractivity contribution is -0.134. The number of ether oxygens (including phenoxy) is 1. The first kappa shape index (κ1) is 19.2. The molecule has 1 saturated carbocycles. The minimum absolute atomic E-state index is 0.259. The number of carbonyl (C=O) groups excluding carboxylic acids is 2. The summed E-state index contributed by atoms with van der Waals surface area (Å²) in [6.07, 6.45) is 1.29. The number of hydrogen-bond donors (Lipinski definition) is 2. The lowest BCUT2D eigenvalue weighted by Gasteiger charge is -2.17. The molecule has 3 rings (SSSR count). The number of hydrogen-bond acceptors (Lipinski definition) is 3. The summed E-state index contributed by atoms with van der Waals surface area (Å²) in [5, 5.41) is 5.93. The molecule has 0 bridgehead atoms. The molecule has 142 valence electrons. The molecule has 0 unspecified atom stereocenters. The molecule has 7 heteroatoms. The van der Waals surface area contributed by atoms with Gasteiger partial charge >= 0.3 is 0 Å². The van der Waals surface area contributed by atoms with Crippen molar-refractivity contribution in [3.63, 3.8) is 0 Å². The Morgan fingerprint density at radius 2 is 1.93 bits per heavy atom. The third kappa shape index (κ3) is 4.22. The van der Waals surface area contributed by atoms with Gasteiger partial charge in [0.25, 0.3) is 0 Å². The number of anilines is 1. The highest BCUT2D eigenvalue weighted by molar-refractivity contribution is 6.31. The molecular formula is C20H20ClFN2O3. The summed E-state index contributed by atoms with van der Waals surface area (Å²) in [5.74, 6) is -0.592. The minimum Gasteiger partial charge on any atom is -0.495 e. The van der Waals surface area contributed by atoms with Crippen LogP contribution in [0.15, 0.2) is 42.5 Å². The SMILES string of the molecule is COc1ccc(Cl)cc1NC(=O)C1(C(=O)NCCc2ccccc2F)CC1. The standard InChI is InChI=1S/C20H20ClFN2O3/c1-27-17-7-6-14(21)12-16(17)24-19(26)20(9-10-20)18(25)23-11-8-13-4-2-3-5-15(13)22/h2-7,12H,8-11H2,1H3,(H,23,25)(H,24,26). The predicted octanol–water partition coefficient (Wildman–Crippen LogP) is 3.57. The van der Waals surface area contributed by atoms with Gasteiger partial charge in [-0.3, -0.25) is 9.59 Å². The number of rotatable bonds is 7. The average molecular weight is 391 g/mol. The summed E-state index contributed by atoms with van der Waals surface area (Å²) < 4.78 is 18.8. The van der Waals surface area contributed by atoms with Gasteiger partial charge in [-0.25, -0.2) is 4.39 Å². The molecule has 2 aromatic carbocycles. The fraction of sp³-hybridized carbons (Fsp3) is 0.300. The normalized spacial score (nSPS) is 14.3. The molecule has 0 aliphatic heterocycles. The second-order valence-corrected chi connectivity index (χ2v) is 6.91. The highest BCUT2D eigenvalue weighted by atomic mass is 35.5. The Labute approximate surface area is 161 Å². The van der Waals surface area contributed by atoms with E-state index in [1.165, 1.54) is 13.2 Å². The van der Waals surface area contributed by atoms with Crippen LogP contribution in [-0.2, 0) is 16.0 Å².